The van der Waals surface area contributed by atoms with Crippen LogP contribution in [0, 0.1) is 0 Å². The number of aliphatic hydroxyl groups is 1. The van der Waals surface area contributed by atoms with Crippen molar-refractivity contribution in [3.8, 4) is 0 Å². The van der Waals surface area contributed by atoms with E-state index >= 15 is 0 Å². The number of aliphatic hydroxyl groups excluding tert-OH is 1. The van der Waals surface area contributed by atoms with Crippen LogP contribution in [0.5, 0.6) is 0 Å². The zero-order valence-corrected chi connectivity index (χ0v) is 18.4. The zero-order valence-electron chi connectivity index (χ0n) is 16.0. The van der Waals surface area contributed by atoms with Crippen molar-refractivity contribution in [3.63, 3.8) is 0 Å². The van der Waals surface area contributed by atoms with Gasteiger partial charge in [-0.2, -0.15) is 0 Å². The Labute approximate surface area is 190 Å². The summed E-state index contributed by atoms with van der Waals surface area (Å²) in [6.45, 7) is 0. The average Bonchev–Trinajstić information content (AvgIpc) is 3.32. The molecule has 7 heteroatoms. The number of fused-ring (bicyclic) bond motifs is 1. The van der Waals surface area contributed by atoms with Gasteiger partial charge < -0.3 is 5.11 Å². The highest BCUT2D eigenvalue weighted by Crippen LogP contribution is 2.44. The lowest BCUT2D eigenvalue weighted by Crippen LogP contribution is -2.29. The third kappa shape index (κ3) is 3.36. The summed E-state index contributed by atoms with van der Waals surface area (Å²) in [6.07, 6.45) is 0. The number of nitrogens with zero attached hydrogens (tertiary/aromatic N) is 2. The molecule has 0 unspecified atom stereocenters. The Morgan fingerprint density at radius 2 is 1.65 bits per heavy atom. The number of ketones is 1. The first-order valence-electron chi connectivity index (χ1n) is 9.52. The Kier molecular flexibility index (Phi) is 4.92. The number of carbonyl (C=O) groups is 2. The molecule has 0 saturated carbocycles. The molecule has 4 aromatic rings. The van der Waals surface area contributed by atoms with Crippen LogP contribution in [0.15, 0.2) is 88.9 Å². The number of hydrogen-bond donors (Lipinski definition) is 1. The summed E-state index contributed by atoms with van der Waals surface area (Å²) in [7, 11) is 0. The molecule has 1 atom stereocenters. The van der Waals surface area contributed by atoms with Gasteiger partial charge >= 0.3 is 5.91 Å². The van der Waals surface area contributed by atoms with E-state index in [1.165, 1.54) is 16.2 Å². The van der Waals surface area contributed by atoms with Crippen molar-refractivity contribution >= 4 is 60.1 Å². The summed E-state index contributed by atoms with van der Waals surface area (Å²) in [5, 5.41) is 11.5. The van der Waals surface area contributed by atoms with E-state index in [9.17, 15) is 14.7 Å². The highest BCUT2D eigenvalue weighted by Gasteiger charge is 2.48. The first kappa shape index (κ1) is 19.7. The maximum atomic E-state index is 13.2. The third-order valence-electron chi connectivity index (χ3n) is 5.15. The fourth-order valence-electron chi connectivity index (χ4n) is 3.72. The number of benzene rings is 3. The summed E-state index contributed by atoms with van der Waals surface area (Å²) in [4.78, 5) is 32.3. The number of anilines is 1. The Hall–Kier alpha value is -3.29. The van der Waals surface area contributed by atoms with Crippen LogP contribution in [0.2, 0.25) is 0 Å². The predicted octanol–water partition coefficient (Wildman–Crippen LogP) is 5.69. The van der Waals surface area contributed by atoms with Crippen molar-refractivity contribution < 1.29 is 14.7 Å². The van der Waals surface area contributed by atoms with E-state index in [-0.39, 0.29) is 11.3 Å². The molecule has 5 rings (SSSR count). The molecule has 1 amide bonds. The molecule has 1 fully saturated rings. The van der Waals surface area contributed by atoms with Crippen molar-refractivity contribution in [3.05, 3.63) is 100 Å². The average molecular weight is 491 g/mol. The topological polar surface area (TPSA) is 70.5 Å². The van der Waals surface area contributed by atoms with E-state index in [4.69, 9.17) is 0 Å². The number of carbonyl (C=O) groups excluding carboxylic acids is 2. The maximum Gasteiger partial charge on any atom is 0.301 e. The number of amides is 1. The molecule has 1 aliphatic rings. The normalized spacial score (nSPS) is 18.1. The predicted molar refractivity (Wildman–Crippen MR) is 125 cm³/mol. The first-order chi connectivity index (χ1) is 15.0. The maximum absolute atomic E-state index is 13.2. The number of thiazole rings is 1. The van der Waals surface area contributed by atoms with Crippen LogP contribution in [0.4, 0.5) is 5.13 Å². The van der Waals surface area contributed by atoms with Gasteiger partial charge in [0, 0.05) is 10.0 Å². The summed E-state index contributed by atoms with van der Waals surface area (Å²) in [5.74, 6) is -1.63. The minimum atomic E-state index is -0.773. The van der Waals surface area contributed by atoms with Crippen molar-refractivity contribution in [1.29, 1.82) is 0 Å². The molecule has 0 radical (unpaired) electrons. The van der Waals surface area contributed by atoms with E-state index < -0.39 is 17.7 Å². The van der Waals surface area contributed by atoms with Gasteiger partial charge in [0.2, 0.25) is 0 Å². The smallest absolute Gasteiger partial charge is 0.301 e. The van der Waals surface area contributed by atoms with Crippen LogP contribution < -0.4 is 4.90 Å². The SMILES string of the molecule is O=C1C(=O)N(c2nc3cc(Br)ccc3s2)[C@H](c2ccccc2)C1=C(O)c1ccccc1. The van der Waals surface area contributed by atoms with Crippen molar-refractivity contribution in [2.75, 3.05) is 4.90 Å². The molecule has 0 spiro atoms. The Bertz CT molecular complexity index is 1350. The Morgan fingerprint density at radius 1 is 0.968 bits per heavy atom. The molecular formula is C24H15BrN2O3S. The molecule has 1 aliphatic heterocycles. The number of halogens is 1. The standard InChI is InChI=1S/C24H15BrN2O3S/c25-16-11-12-18-17(13-16)26-24(31-18)27-20(14-7-3-1-4-8-14)19(22(29)23(27)30)21(28)15-9-5-2-6-10-15/h1-13,20,28H/t20-/m1/s1. The third-order valence-corrected chi connectivity index (χ3v) is 6.68. The molecule has 1 N–H and O–H groups in total. The van der Waals surface area contributed by atoms with Crippen LogP contribution in [0.25, 0.3) is 16.0 Å². The fraction of sp³-hybridized carbons (Fsp3) is 0.0417. The number of rotatable bonds is 3. The summed E-state index contributed by atoms with van der Waals surface area (Å²) in [5.41, 5.74) is 1.99. The van der Waals surface area contributed by atoms with Gasteiger partial charge in [-0.1, -0.05) is 87.9 Å². The number of aromatic nitrogens is 1. The van der Waals surface area contributed by atoms with Gasteiger partial charge in [0.25, 0.3) is 5.78 Å². The van der Waals surface area contributed by atoms with E-state index in [2.05, 4.69) is 20.9 Å². The van der Waals surface area contributed by atoms with Crippen LogP contribution in [-0.4, -0.2) is 21.8 Å². The number of Topliss-reactive ketones (excluding diaryl/α,β-unsaturated/α-hetero) is 1. The van der Waals surface area contributed by atoms with Gasteiger partial charge in [-0.15, -0.1) is 0 Å². The molecule has 2 heterocycles. The molecular weight excluding hydrogens is 476 g/mol. The lowest BCUT2D eigenvalue weighted by atomic mass is 9.95. The molecule has 0 aliphatic carbocycles. The second-order valence-corrected chi connectivity index (χ2v) is 8.98. The van der Waals surface area contributed by atoms with Gasteiger partial charge in [0.15, 0.2) is 5.13 Å². The largest absolute Gasteiger partial charge is 0.507 e. The Morgan fingerprint density at radius 3 is 2.35 bits per heavy atom. The molecule has 3 aromatic carbocycles. The van der Waals surface area contributed by atoms with Gasteiger partial charge in [-0.25, -0.2) is 4.98 Å². The summed E-state index contributed by atoms with van der Waals surface area (Å²) < 4.78 is 1.78. The Balaban J connectivity index is 1.73. The molecule has 5 nitrogen and oxygen atoms in total. The van der Waals surface area contributed by atoms with Crippen LogP contribution in [0.1, 0.15) is 17.2 Å². The van der Waals surface area contributed by atoms with Crippen molar-refractivity contribution in [2.24, 2.45) is 0 Å². The lowest BCUT2D eigenvalue weighted by molar-refractivity contribution is -0.132. The fourth-order valence-corrected chi connectivity index (χ4v) is 5.05. The second kappa shape index (κ2) is 7.76. The minimum Gasteiger partial charge on any atom is -0.507 e. The second-order valence-electron chi connectivity index (χ2n) is 7.05. The van der Waals surface area contributed by atoms with E-state index in [0.717, 1.165) is 20.3 Å². The van der Waals surface area contributed by atoms with Crippen LogP contribution in [-0.2, 0) is 9.59 Å². The van der Waals surface area contributed by atoms with Crippen molar-refractivity contribution in [1.82, 2.24) is 4.98 Å². The zero-order chi connectivity index (χ0) is 21.5. The molecule has 1 saturated heterocycles. The van der Waals surface area contributed by atoms with E-state index in [1.54, 1.807) is 24.3 Å². The molecule has 31 heavy (non-hydrogen) atoms. The highest BCUT2D eigenvalue weighted by atomic mass is 79.9. The molecule has 0 bridgehead atoms. The van der Waals surface area contributed by atoms with E-state index in [1.807, 2.05) is 54.6 Å². The van der Waals surface area contributed by atoms with Crippen molar-refractivity contribution in [2.45, 2.75) is 6.04 Å². The van der Waals surface area contributed by atoms with Gasteiger partial charge in [0.1, 0.15) is 5.76 Å². The summed E-state index contributed by atoms with van der Waals surface area (Å²) >= 11 is 4.77. The highest BCUT2D eigenvalue weighted by molar-refractivity contribution is 9.10. The number of hydrogen-bond acceptors (Lipinski definition) is 5. The summed E-state index contributed by atoms with van der Waals surface area (Å²) in [6, 6.07) is 22.9. The molecule has 152 valence electrons. The quantitative estimate of drug-likeness (QED) is 0.227. The van der Waals surface area contributed by atoms with Crippen LogP contribution in [0.3, 0.4) is 0 Å². The lowest BCUT2D eigenvalue weighted by Gasteiger charge is -2.22. The van der Waals surface area contributed by atoms with Gasteiger partial charge in [-0.05, 0) is 23.8 Å². The van der Waals surface area contributed by atoms with Gasteiger partial charge in [0.05, 0.1) is 21.8 Å². The monoisotopic (exact) mass is 490 g/mol. The van der Waals surface area contributed by atoms with E-state index in [0.29, 0.717) is 10.7 Å². The van der Waals surface area contributed by atoms with Gasteiger partial charge in [-0.3, -0.25) is 14.5 Å². The van der Waals surface area contributed by atoms with Crippen LogP contribution >= 0.6 is 27.3 Å². The minimum absolute atomic E-state index is 0.0582. The first-order valence-corrected chi connectivity index (χ1v) is 11.1. The molecule has 1 aromatic heterocycles.